The average Bonchev–Trinajstić information content (AvgIpc) is 3.46. The molecule has 3 aromatic rings. The minimum absolute atomic E-state index is 0.145. The number of hydrogen-bond donors (Lipinski definition) is 2. The summed E-state index contributed by atoms with van der Waals surface area (Å²) in [7, 11) is 1.78. The van der Waals surface area contributed by atoms with E-state index in [1.54, 1.807) is 30.8 Å². The summed E-state index contributed by atoms with van der Waals surface area (Å²) < 4.78 is 15.4. The topological polar surface area (TPSA) is 88.9 Å². The van der Waals surface area contributed by atoms with E-state index < -0.39 is 17.6 Å². The van der Waals surface area contributed by atoms with E-state index in [2.05, 4.69) is 20.9 Å². The Kier molecular flexibility index (Phi) is 4.10. The van der Waals surface area contributed by atoms with Crippen molar-refractivity contribution in [2.45, 2.75) is 25.7 Å². The second-order valence-electron chi connectivity index (χ2n) is 6.66. The normalized spacial score (nSPS) is 13.6. The van der Waals surface area contributed by atoms with Crippen LogP contribution in [-0.4, -0.2) is 26.6 Å². The number of halogens is 1. The predicted octanol–water partition coefficient (Wildman–Crippen LogP) is 2.37. The summed E-state index contributed by atoms with van der Waals surface area (Å²) in [6, 6.07) is 7.32. The van der Waals surface area contributed by atoms with Crippen molar-refractivity contribution in [3.8, 4) is 0 Å². The molecule has 2 N–H and O–H groups in total. The van der Waals surface area contributed by atoms with Gasteiger partial charge in [-0.2, -0.15) is 5.10 Å². The highest BCUT2D eigenvalue weighted by Crippen LogP contribution is 2.40. The molecule has 2 aromatic heterocycles. The van der Waals surface area contributed by atoms with Crippen LogP contribution in [0, 0.1) is 12.7 Å². The zero-order valence-electron chi connectivity index (χ0n) is 14.9. The second-order valence-corrected chi connectivity index (χ2v) is 6.66. The Morgan fingerprint density at radius 2 is 1.81 bits per heavy atom. The number of pyridine rings is 1. The quantitative estimate of drug-likeness (QED) is 0.696. The first-order chi connectivity index (χ1) is 13.0. The van der Waals surface area contributed by atoms with Gasteiger partial charge in [0.15, 0.2) is 5.65 Å². The number of hydrazine groups is 1. The molecule has 8 heteroatoms. The van der Waals surface area contributed by atoms with E-state index in [0.29, 0.717) is 28.2 Å². The molecule has 2 heterocycles. The summed E-state index contributed by atoms with van der Waals surface area (Å²) in [5.41, 5.74) is 7.03. The van der Waals surface area contributed by atoms with E-state index >= 15 is 0 Å². The molecule has 138 valence electrons. The van der Waals surface area contributed by atoms with Crippen LogP contribution >= 0.6 is 0 Å². The van der Waals surface area contributed by atoms with Gasteiger partial charge in [-0.05, 0) is 38.0 Å². The Morgan fingerprint density at radius 3 is 2.48 bits per heavy atom. The number of benzene rings is 1. The highest BCUT2D eigenvalue weighted by Gasteiger charge is 2.28. The molecule has 0 atom stereocenters. The SMILES string of the molecule is Cc1nn(C)c2nc(C3CC3)cc(C(=O)NNC(=O)c3ccccc3F)c12. The van der Waals surface area contributed by atoms with Crippen LogP contribution in [0.3, 0.4) is 0 Å². The lowest BCUT2D eigenvalue weighted by atomic mass is 10.1. The fourth-order valence-electron chi connectivity index (χ4n) is 3.13. The first-order valence-electron chi connectivity index (χ1n) is 8.65. The van der Waals surface area contributed by atoms with E-state index in [0.717, 1.165) is 18.5 Å². The van der Waals surface area contributed by atoms with E-state index in [1.807, 2.05) is 0 Å². The number of carbonyl (C=O) groups is 2. The summed E-state index contributed by atoms with van der Waals surface area (Å²) in [6.45, 7) is 1.80. The largest absolute Gasteiger partial charge is 0.272 e. The molecule has 0 unspecified atom stereocenters. The zero-order valence-corrected chi connectivity index (χ0v) is 14.9. The molecule has 0 aliphatic heterocycles. The highest BCUT2D eigenvalue weighted by molar-refractivity contribution is 6.07. The van der Waals surface area contributed by atoms with Crippen molar-refractivity contribution in [1.82, 2.24) is 25.6 Å². The van der Waals surface area contributed by atoms with Crippen molar-refractivity contribution in [1.29, 1.82) is 0 Å². The van der Waals surface area contributed by atoms with Crippen LogP contribution in [0.1, 0.15) is 50.9 Å². The molecule has 0 spiro atoms. The van der Waals surface area contributed by atoms with E-state index in [1.165, 1.54) is 18.2 Å². The Labute approximate surface area is 154 Å². The molecular formula is C19H18FN5O2. The smallest absolute Gasteiger partial charge is 0.267 e. The number of carbonyl (C=O) groups excluding carboxylic acids is 2. The minimum Gasteiger partial charge on any atom is -0.267 e. The third-order valence-corrected chi connectivity index (χ3v) is 4.64. The molecule has 0 bridgehead atoms. The number of fused-ring (bicyclic) bond motifs is 1. The van der Waals surface area contributed by atoms with Crippen LogP contribution < -0.4 is 10.9 Å². The van der Waals surface area contributed by atoms with Crippen molar-refractivity contribution in [3.63, 3.8) is 0 Å². The lowest BCUT2D eigenvalue weighted by Crippen LogP contribution is -2.42. The molecule has 1 saturated carbocycles. The first kappa shape index (κ1) is 17.1. The third kappa shape index (κ3) is 3.14. The zero-order chi connectivity index (χ0) is 19.1. The van der Waals surface area contributed by atoms with Gasteiger partial charge in [0.1, 0.15) is 5.82 Å². The first-order valence-corrected chi connectivity index (χ1v) is 8.65. The molecule has 27 heavy (non-hydrogen) atoms. The second kappa shape index (κ2) is 6.46. The fraction of sp³-hybridized carbons (Fsp3) is 0.263. The Hall–Kier alpha value is -3.29. The van der Waals surface area contributed by atoms with E-state index in [4.69, 9.17) is 0 Å². The van der Waals surface area contributed by atoms with Gasteiger partial charge in [0, 0.05) is 18.7 Å². The molecule has 7 nitrogen and oxygen atoms in total. The van der Waals surface area contributed by atoms with Crippen molar-refractivity contribution >= 4 is 22.8 Å². The van der Waals surface area contributed by atoms with Crippen molar-refractivity contribution in [2.24, 2.45) is 7.05 Å². The van der Waals surface area contributed by atoms with Crippen LogP contribution in [0.4, 0.5) is 4.39 Å². The van der Waals surface area contributed by atoms with Gasteiger partial charge < -0.3 is 0 Å². The van der Waals surface area contributed by atoms with Gasteiger partial charge in [-0.3, -0.25) is 25.1 Å². The number of aryl methyl sites for hydroxylation is 2. The number of amides is 2. The maximum Gasteiger partial charge on any atom is 0.272 e. The van der Waals surface area contributed by atoms with Gasteiger partial charge in [0.25, 0.3) is 11.8 Å². The van der Waals surface area contributed by atoms with E-state index in [9.17, 15) is 14.0 Å². The number of nitrogens with one attached hydrogen (secondary N) is 2. The van der Waals surface area contributed by atoms with Gasteiger partial charge in [0.2, 0.25) is 0 Å². The summed E-state index contributed by atoms with van der Waals surface area (Å²) >= 11 is 0. The van der Waals surface area contributed by atoms with Gasteiger partial charge in [-0.25, -0.2) is 9.37 Å². The summed E-state index contributed by atoms with van der Waals surface area (Å²) in [5, 5.41) is 4.98. The monoisotopic (exact) mass is 367 g/mol. The van der Waals surface area contributed by atoms with Gasteiger partial charge in [-0.15, -0.1) is 0 Å². The maximum absolute atomic E-state index is 13.7. The van der Waals surface area contributed by atoms with Crippen LogP contribution in [0.5, 0.6) is 0 Å². The molecule has 2 amide bonds. The third-order valence-electron chi connectivity index (χ3n) is 4.64. The number of rotatable bonds is 3. The minimum atomic E-state index is -0.725. The highest BCUT2D eigenvalue weighted by atomic mass is 19.1. The van der Waals surface area contributed by atoms with Crippen molar-refractivity contribution in [3.05, 3.63) is 58.7 Å². The number of aromatic nitrogens is 3. The number of nitrogens with zero attached hydrogens (tertiary/aromatic N) is 3. The predicted molar refractivity (Wildman–Crippen MR) is 96.6 cm³/mol. The van der Waals surface area contributed by atoms with Crippen LogP contribution in [0.25, 0.3) is 11.0 Å². The fourth-order valence-corrected chi connectivity index (χ4v) is 3.13. The Balaban J connectivity index is 1.62. The van der Waals surface area contributed by atoms with Crippen molar-refractivity contribution in [2.75, 3.05) is 0 Å². The Morgan fingerprint density at radius 1 is 1.15 bits per heavy atom. The molecule has 0 saturated heterocycles. The number of hydrogen-bond acceptors (Lipinski definition) is 4. The van der Waals surface area contributed by atoms with Crippen molar-refractivity contribution < 1.29 is 14.0 Å². The summed E-state index contributed by atoms with van der Waals surface area (Å²) in [4.78, 5) is 29.5. The molecular weight excluding hydrogens is 349 g/mol. The molecule has 1 aliphatic carbocycles. The summed E-state index contributed by atoms with van der Waals surface area (Å²) in [6.07, 6.45) is 2.08. The molecule has 0 radical (unpaired) electrons. The van der Waals surface area contributed by atoms with Gasteiger partial charge in [0.05, 0.1) is 22.2 Å². The van der Waals surface area contributed by atoms with E-state index in [-0.39, 0.29) is 5.56 Å². The van der Waals surface area contributed by atoms with Crippen LogP contribution in [0.15, 0.2) is 30.3 Å². The van der Waals surface area contributed by atoms with Gasteiger partial charge in [-0.1, -0.05) is 12.1 Å². The Bertz CT molecular complexity index is 1070. The van der Waals surface area contributed by atoms with Crippen LogP contribution in [0.2, 0.25) is 0 Å². The standard InChI is InChI=1S/C19H18FN5O2/c1-10-16-13(9-15(11-7-8-11)21-17(16)25(2)24-10)19(27)23-22-18(26)12-5-3-4-6-14(12)20/h3-6,9,11H,7-8H2,1-2H3,(H,22,26)(H,23,27). The van der Waals surface area contributed by atoms with Crippen LogP contribution in [-0.2, 0) is 7.05 Å². The average molecular weight is 367 g/mol. The molecule has 1 aromatic carbocycles. The summed E-state index contributed by atoms with van der Waals surface area (Å²) in [5.74, 6) is -1.53. The molecule has 4 rings (SSSR count). The maximum atomic E-state index is 13.7. The lowest BCUT2D eigenvalue weighted by Gasteiger charge is -2.10. The van der Waals surface area contributed by atoms with Gasteiger partial charge >= 0.3 is 0 Å². The lowest BCUT2D eigenvalue weighted by molar-refractivity contribution is 0.0845. The molecule has 1 aliphatic rings. The molecule has 1 fully saturated rings.